The number of rotatable bonds is 4. The molecular formula is C18H20O9. The van der Waals surface area contributed by atoms with E-state index in [9.17, 15) is 25.2 Å². The van der Waals surface area contributed by atoms with Gasteiger partial charge in [-0.25, -0.2) is 0 Å². The van der Waals surface area contributed by atoms with Crippen LogP contribution < -0.4 is 0 Å². The van der Waals surface area contributed by atoms with E-state index in [4.69, 9.17) is 19.3 Å². The smallest absolute Gasteiger partial charge is 0.308 e. The predicted octanol–water partition coefficient (Wildman–Crippen LogP) is -3.12. The number of carbonyl (C=O) groups excluding carboxylic acids is 1. The molecule has 2 rings (SSSR count). The molecule has 0 aromatic rings. The van der Waals surface area contributed by atoms with E-state index in [2.05, 4.69) is 35.5 Å². The Hall–Kier alpha value is -2.13. The number of hydrogen-bond acceptors (Lipinski definition) is 9. The van der Waals surface area contributed by atoms with Crippen LogP contribution >= 0.6 is 0 Å². The molecule has 0 spiro atoms. The zero-order valence-electron chi connectivity index (χ0n) is 14.2. The Balaban J connectivity index is 1.73. The molecule has 0 bridgehead atoms. The van der Waals surface area contributed by atoms with Crippen LogP contribution in [0.15, 0.2) is 0 Å². The van der Waals surface area contributed by atoms with Crippen molar-refractivity contribution < 1.29 is 44.5 Å². The van der Waals surface area contributed by atoms with E-state index in [1.165, 1.54) is 0 Å². The Morgan fingerprint density at radius 1 is 0.963 bits per heavy atom. The molecule has 7 unspecified atom stereocenters. The van der Waals surface area contributed by atoms with Crippen LogP contribution in [-0.4, -0.2) is 87.6 Å². The summed E-state index contributed by atoms with van der Waals surface area (Å²) in [5, 5.41) is 47.6. The van der Waals surface area contributed by atoms with Crippen molar-refractivity contribution in [1.82, 2.24) is 0 Å². The molecule has 146 valence electrons. The lowest BCUT2D eigenvalue weighted by Crippen LogP contribution is -2.59. The van der Waals surface area contributed by atoms with Gasteiger partial charge in [-0.3, -0.25) is 4.79 Å². The monoisotopic (exact) mass is 380 g/mol. The van der Waals surface area contributed by atoms with Crippen molar-refractivity contribution in [2.75, 3.05) is 13.2 Å². The van der Waals surface area contributed by atoms with Gasteiger partial charge in [-0.15, -0.1) is 0 Å². The standard InChI is InChI=1S/C18H20O9/c19-10-13-15(22)16(23)17(24)18(27-13)25-8-6-4-2-1-3-5-7-12-11(20)9-14(21)26-12/h11-13,15-20,22-24H,7-10H2. The summed E-state index contributed by atoms with van der Waals surface area (Å²) in [4.78, 5) is 11.0. The molecule has 2 aliphatic heterocycles. The number of hydrogen-bond donors (Lipinski definition) is 5. The fraction of sp³-hybridized carbons (Fsp3) is 0.611. The molecule has 0 aliphatic carbocycles. The summed E-state index contributed by atoms with van der Waals surface area (Å²) in [5.74, 6) is 14.6. The highest BCUT2D eigenvalue weighted by atomic mass is 16.7. The van der Waals surface area contributed by atoms with Crippen molar-refractivity contribution in [2.45, 2.75) is 55.8 Å². The predicted molar refractivity (Wildman–Crippen MR) is 88.2 cm³/mol. The molecule has 27 heavy (non-hydrogen) atoms. The number of esters is 1. The first-order valence-electron chi connectivity index (χ1n) is 8.19. The van der Waals surface area contributed by atoms with Crippen LogP contribution in [0.5, 0.6) is 0 Å². The Labute approximate surface area is 155 Å². The molecule has 5 N–H and O–H groups in total. The molecule has 0 amide bonds. The van der Waals surface area contributed by atoms with Crippen molar-refractivity contribution in [1.29, 1.82) is 0 Å². The van der Waals surface area contributed by atoms with Crippen LogP contribution in [-0.2, 0) is 19.0 Å². The second-order valence-electron chi connectivity index (χ2n) is 5.87. The highest BCUT2D eigenvalue weighted by Crippen LogP contribution is 2.21. The van der Waals surface area contributed by atoms with Gasteiger partial charge in [0.15, 0.2) is 6.29 Å². The number of carbonyl (C=O) groups is 1. The summed E-state index contributed by atoms with van der Waals surface area (Å²) in [5.41, 5.74) is 0. The number of aliphatic hydroxyl groups excluding tert-OH is 5. The fourth-order valence-electron chi connectivity index (χ4n) is 2.44. The Morgan fingerprint density at radius 3 is 2.30 bits per heavy atom. The Morgan fingerprint density at radius 2 is 1.67 bits per heavy atom. The van der Waals surface area contributed by atoms with E-state index >= 15 is 0 Å². The van der Waals surface area contributed by atoms with Gasteiger partial charge in [-0.1, -0.05) is 11.8 Å². The third kappa shape index (κ3) is 5.93. The maximum Gasteiger partial charge on any atom is 0.308 e. The second kappa shape index (κ2) is 10.3. The first-order valence-corrected chi connectivity index (χ1v) is 8.19. The van der Waals surface area contributed by atoms with E-state index < -0.39 is 55.5 Å². The second-order valence-corrected chi connectivity index (χ2v) is 5.87. The van der Waals surface area contributed by atoms with Gasteiger partial charge in [0.2, 0.25) is 0 Å². The van der Waals surface area contributed by atoms with Gasteiger partial charge in [-0.05, 0) is 23.7 Å². The molecule has 0 aromatic heterocycles. The third-order valence-electron chi connectivity index (χ3n) is 3.92. The zero-order valence-corrected chi connectivity index (χ0v) is 14.2. The highest BCUT2D eigenvalue weighted by Gasteiger charge is 2.43. The lowest BCUT2D eigenvalue weighted by atomic mass is 9.99. The molecule has 2 aliphatic rings. The number of aliphatic hydroxyl groups is 5. The molecule has 9 nitrogen and oxygen atoms in total. The maximum absolute atomic E-state index is 11.0. The van der Waals surface area contributed by atoms with Crippen molar-refractivity contribution >= 4 is 5.97 Å². The summed E-state index contributed by atoms with van der Waals surface area (Å²) in [6, 6.07) is 0. The van der Waals surface area contributed by atoms with Crippen LogP contribution in [0.25, 0.3) is 0 Å². The topological polar surface area (TPSA) is 146 Å². The van der Waals surface area contributed by atoms with Gasteiger partial charge < -0.3 is 39.7 Å². The van der Waals surface area contributed by atoms with E-state index in [1.807, 2.05) is 0 Å². The van der Waals surface area contributed by atoms with Crippen LogP contribution in [0.4, 0.5) is 0 Å². The lowest BCUT2D eigenvalue weighted by Gasteiger charge is -2.39. The van der Waals surface area contributed by atoms with Gasteiger partial charge >= 0.3 is 5.97 Å². The van der Waals surface area contributed by atoms with Gasteiger partial charge in [-0.2, -0.15) is 0 Å². The minimum Gasteiger partial charge on any atom is -0.458 e. The van der Waals surface area contributed by atoms with Gasteiger partial charge in [0.05, 0.1) is 13.0 Å². The molecule has 0 radical (unpaired) electrons. The molecule has 2 fully saturated rings. The van der Waals surface area contributed by atoms with E-state index in [-0.39, 0.29) is 19.4 Å². The summed E-state index contributed by atoms with van der Waals surface area (Å²) in [6.45, 7) is -0.716. The maximum atomic E-state index is 11.0. The SMILES string of the molecule is O=C1CC(O)C(CC#CC#CC#CCOC2OC(CO)C(O)C(O)C2O)O1. The van der Waals surface area contributed by atoms with Crippen molar-refractivity contribution in [3.63, 3.8) is 0 Å². The minimum atomic E-state index is -1.51. The summed E-state index contributed by atoms with van der Waals surface area (Å²) >= 11 is 0. The molecule has 2 saturated heterocycles. The summed E-state index contributed by atoms with van der Waals surface area (Å²) < 4.78 is 15.2. The van der Waals surface area contributed by atoms with Crippen molar-refractivity contribution in [2.24, 2.45) is 0 Å². The van der Waals surface area contributed by atoms with E-state index in [0.29, 0.717) is 0 Å². The van der Waals surface area contributed by atoms with E-state index in [1.54, 1.807) is 0 Å². The van der Waals surface area contributed by atoms with Gasteiger partial charge in [0.25, 0.3) is 0 Å². The first-order chi connectivity index (χ1) is 12.9. The van der Waals surface area contributed by atoms with Crippen LogP contribution in [0.2, 0.25) is 0 Å². The number of cyclic esters (lactones) is 1. The molecule has 9 heteroatoms. The highest BCUT2D eigenvalue weighted by molar-refractivity contribution is 5.72. The lowest BCUT2D eigenvalue weighted by molar-refractivity contribution is -0.298. The fourth-order valence-corrected chi connectivity index (χ4v) is 2.44. The minimum absolute atomic E-state index is 0.0298. The third-order valence-corrected chi connectivity index (χ3v) is 3.92. The first kappa shape index (κ1) is 21.2. The van der Waals surface area contributed by atoms with Crippen molar-refractivity contribution in [3.8, 4) is 35.5 Å². The molecular weight excluding hydrogens is 360 g/mol. The Kier molecular flexibility index (Phi) is 8.05. The number of ether oxygens (including phenoxy) is 3. The largest absolute Gasteiger partial charge is 0.458 e. The van der Waals surface area contributed by atoms with Gasteiger partial charge in [0.1, 0.15) is 43.2 Å². The quantitative estimate of drug-likeness (QED) is 0.252. The van der Waals surface area contributed by atoms with Gasteiger partial charge in [0, 0.05) is 6.42 Å². The zero-order chi connectivity index (χ0) is 19.8. The van der Waals surface area contributed by atoms with E-state index in [0.717, 1.165) is 0 Å². The van der Waals surface area contributed by atoms with Crippen LogP contribution in [0, 0.1) is 35.5 Å². The average molecular weight is 380 g/mol. The summed E-state index contributed by atoms with van der Waals surface area (Å²) in [7, 11) is 0. The molecule has 0 saturated carbocycles. The van der Waals surface area contributed by atoms with Crippen molar-refractivity contribution in [3.05, 3.63) is 0 Å². The van der Waals surface area contributed by atoms with Crippen LogP contribution in [0.3, 0.4) is 0 Å². The molecule has 7 atom stereocenters. The Bertz CT molecular complexity index is 700. The molecule has 2 heterocycles. The normalized spacial score (nSPS) is 35.0. The summed E-state index contributed by atoms with van der Waals surface area (Å²) in [6.07, 6.45) is -8.08. The average Bonchev–Trinajstić information content (AvgIpc) is 2.97. The van der Waals surface area contributed by atoms with Crippen LogP contribution in [0.1, 0.15) is 12.8 Å². The molecule has 0 aromatic carbocycles.